The van der Waals surface area contributed by atoms with E-state index in [-0.39, 0.29) is 23.3 Å². The normalized spacial score (nSPS) is 12.9. The minimum Gasteiger partial charge on any atom is -0.462 e. The van der Waals surface area contributed by atoms with Crippen molar-refractivity contribution >= 4 is 11.9 Å². The molecule has 0 aliphatic rings. The molecule has 0 saturated heterocycles. The maximum atomic E-state index is 12.5. The Labute approximate surface area is 141 Å². The number of carbonyl (C=O) groups excluding carboxylic acids is 2. The number of carbonyl (C=O) groups is 2. The molecular formula is C19H34O4. The Morgan fingerprint density at radius 3 is 1.65 bits per heavy atom. The first kappa shape index (κ1) is 21.7. The molecule has 0 spiro atoms. The summed E-state index contributed by atoms with van der Waals surface area (Å²) in [7, 11) is 0. The summed E-state index contributed by atoms with van der Waals surface area (Å²) in [5, 5.41) is 0. The zero-order valence-electron chi connectivity index (χ0n) is 16.0. The lowest BCUT2D eigenvalue weighted by Gasteiger charge is -2.22. The maximum absolute atomic E-state index is 12.5. The first-order valence-corrected chi connectivity index (χ1v) is 8.68. The van der Waals surface area contributed by atoms with Crippen molar-refractivity contribution in [2.45, 2.75) is 74.1 Å². The van der Waals surface area contributed by atoms with Crippen LogP contribution in [0.25, 0.3) is 0 Å². The molecular weight excluding hydrogens is 292 g/mol. The average Bonchev–Trinajstić information content (AvgIpc) is 2.44. The summed E-state index contributed by atoms with van der Waals surface area (Å²) in [5.74, 6) is -0.507. The summed E-state index contributed by atoms with van der Waals surface area (Å²) in [5.41, 5.74) is 0.832. The Kier molecular flexibility index (Phi) is 9.85. The topological polar surface area (TPSA) is 52.6 Å². The lowest BCUT2D eigenvalue weighted by Crippen LogP contribution is -2.22. The van der Waals surface area contributed by atoms with Crippen LogP contribution in [0.15, 0.2) is 11.1 Å². The van der Waals surface area contributed by atoms with Crippen molar-refractivity contribution in [1.29, 1.82) is 0 Å². The predicted octanol–water partition coefficient (Wildman–Crippen LogP) is 4.67. The van der Waals surface area contributed by atoms with Crippen LogP contribution >= 0.6 is 0 Å². The first-order valence-electron chi connectivity index (χ1n) is 8.68. The Morgan fingerprint density at radius 2 is 1.30 bits per heavy atom. The first-order chi connectivity index (χ1) is 10.6. The molecule has 0 unspecified atom stereocenters. The minimum atomic E-state index is -0.383. The highest BCUT2D eigenvalue weighted by molar-refractivity contribution is 6.00. The third-order valence-electron chi connectivity index (χ3n) is 3.05. The van der Waals surface area contributed by atoms with Gasteiger partial charge >= 0.3 is 11.9 Å². The predicted molar refractivity (Wildman–Crippen MR) is 93.1 cm³/mol. The van der Waals surface area contributed by atoms with Gasteiger partial charge in [0.15, 0.2) is 0 Å². The molecule has 0 aliphatic carbocycles. The Morgan fingerprint density at radius 1 is 0.870 bits per heavy atom. The monoisotopic (exact) mass is 326 g/mol. The number of ether oxygens (including phenoxy) is 2. The number of hydrogen-bond donors (Lipinski definition) is 0. The molecule has 134 valence electrons. The van der Waals surface area contributed by atoms with Crippen LogP contribution in [-0.2, 0) is 19.1 Å². The molecule has 0 aromatic carbocycles. The summed E-state index contributed by atoms with van der Waals surface area (Å²) in [4.78, 5) is 24.9. The van der Waals surface area contributed by atoms with Crippen LogP contribution in [-0.4, -0.2) is 25.2 Å². The van der Waals surface area contributed by atoms with Gasteiger partial charge in [0.25, 0.3) is 0 Å². The van der Waals surface area contributed by atoms with Gasteiger partial charge in [-0.25, -0.2) is 9.59 Å². The molecule has 0 aromatic heterocycles. The molecule has 4 nitrogen and oxygen atoms in total. The highest BCUT2D eigenvalue weighted by atomic mass is 16.5. The van der Waals surface area contributed by atoms with Gasteiger partial charge in [-0.15, -0.1) is 0 Å². The third kappa shape index (κ3) is 9.42. The van der Waals surface area contributed by atoms with Crippen LogP contribution in [0.4, 0.5) is 0 Å². The molecule has 0 aromatic rings. The standard InChI is InChI=1S/C19H34O4/c1-8-10-22-17(20)15(12-14(3)4)16(13-19(5,6)7)18(21)23-11-9-2/h14H,8-13H2,1-7H3/b16-15-. The van der Waals surface area contributed by atoms with Crippen molar-refractivity contribution in [3.63, 3.8) is 0 Å². The van der Waals surface area contributed by atoms with E-state index in [9.17, 15) is 9.59 Å². The largest absolute Gasteiger partial charge is 0.462 e. The molecule has 0 bridgehead atoms. The summed E-state index contributed by atoms with van der Waals surface area (Å²) in [6.45, 7) is 14.8. The fourth-order valence-corrected chi connectivity index (χ4v) is 2.13. The van der Waals surface area contributed by atoms with Gasteiger partial charge < -0.3 is 9.47 Å². The highest BCUT2D eigenvalue weighted by Gasteiger charge is 2.27. The molecule has 4 heteroatoms. The summed E-state index contributed by atoms with van der Waals surface area (Å²) in [6, 6.07) is 0. The molecule has 0 aliphatic heterocycles. The maximum Gasteiger partial charge on any atom is 0.334 e. The average molecular weight is 326 g/mol. The zero-order valence-corrected chi connectivity index (χ0v) is 16.0. The van der Waals surface area contributed by atoms with Crippen LogP contribution in [0, 0.1) is 11.3 Å². The van der Waals surface area contributed by atoms with Gasteiger partial charge in [0.1, 0.15) is 0 Å². The molecule has 0 amide bonds. The molecule has 0 rings (SSSR count). The van der Waals surface area contributed by atoms with Crippen LogP contribution in [0.3, 0.4) is 0 Å². The number of rotatable bonds is 9. The van der Waals surface area contributed by atoms with Gasteiger partial charge in [-0.05, 0) is 37.0 Å². The van der Waals surface area contributed by atoms with Crippen LogP contribution in [0.5, 0.6) is 0 Å². The van der Waals surface area contributed by atoms with E-state index >= 15 is 0 Å². The van der Waals surface area contributed by atoms with Crippen molar-refractivity contribution in [2.75, 3.05) is 13.2 Å². The molecule has 0 fully saturated rings. The Balaban J connectivity index is 5.70. The summed E-state index contributed by atoms with van der Waals surface area (Å²) in [6.07, 6.45) is 2.54. The molecule has 23 heavy (non-hydrogen) atoms. The van der Waals surface area contributed by atoms with E-state index in [1.54, 1.807) is 0 Å². The van der Waals surface area contributed by atoms with E-state index in [0.29, 0.717) is 37.2 Å². The minimum absolute atomic E-state index is 0.117. The van der Waals surface area contributed by atoms with Crippen molar-refractivity contribution in [3.05, 3.63) is 11.1 Å². The van der Waals surface area contributed by atoms with Crippen LogP contribution in [0.1, 0.15) is 74.1 Å². The Hall–Kier alpha value is -1.32. The van der Waals surface area contributed by atoms with E-state index < -0.39 is 0 Å². The second kappa shape index (κ2) is 10.5. The van der Waals surface area contributed by atoms with Crippen molar-refractivity contribution in [2.24, 2.45) is 11.3 Å². The highest BCUT2D eigenvalue weighted by Crippen LogP contribution is 2.29. The molecule has 0 atom stereocenters. The third-order valence-corrected chi connectivity index (χ3v) is 3.05. The Bertz CT molecular complexity index is 414. The van der Waals surface area contributed by atoms with Gasteiger partial charge in [0.05, 0.1) is 13.2 Å². The fourth-order valence-electron chi connectivity index (χ4n) is 2.13. The van der Waals surface area contributed by atoms with Gasteiger partial charge in [-0.3, -0.25) is 0 Å². The SMILES string of the molecule is CCCOC(=O)/C(CC(C)C)=C(/CC(C)(C)C)C(=O)OCCC. The van der Waals surface area contributed by atoms with Crippen molar-refractivity contribution in [1.82, 2.24) is 0 Å². The van der Waals surface area contributed by atoms with Gasteiger partial charge in [-0.1, -0.05) is 48.5 Å². The van der Waals surface area contributed by atoms with Gasteiger partial charge in [-0.2, -0.15) is 0 Å². The van der Waals surface area contributed by atoms with Gasteiger partial charge in [0.2, 0.25) is 0 Å². The van der Waals surface area contributed by atoms with E-state index in [2.05, 4.69) is 0 Å². The van der Waals surface area contributed by atoms with E-state index in [0.717, 1.165) is 12.8 Å². The van der Waals surface area contributed by atoms with Crippen LogP contribution in [0.2, 0.25) is 0 Å². The summed E-state index contributed by atoms with van der Waals surface area (Å²) >= 11 is 0. The van der Waals surface area contributed by atoms with Crippen molar-refractivity contribution in [3.8, 4) is 0 Å². The number of esters is 2. The number of hydrogen-bond acceptors (Lipinski definition) is 4. The van der Waals surface area contributed by atoms with E-state index in [4.69, 9.17) is 9.47 Å². The lowest BCUT2D eigenvalue weighted by atomic mass is 9.84. The molecule has 0 N–H and O–H groups in total. The van der Waals surface area contributed by atoms with Crippen LogP contribution < -0.4 is 0 Å². The second-order valence-electron chi connectivity index (χ2n) is 7.56. The van der Waals surface area contributed by atoms with Gasteiger partial charge in [0, 0.05) is 11.1 Å². The fraction of sp³-hybridized carbons (Fsp3) is 0.789. The molecule has 0 radical (unpaired) electrons. The van der Waals surface area contributed by atoms with Crippen molar-refractivity contribution < 1.29 is 19.1 Å². The summed E-state index contributed by atoms with van der Waals surface area (Å²) < 4.78 is 10.6. The van der Waals surface area contributed by atoms with E-state index in [1.807, 2.05) is 48.5 Å². The molecule has 0 saturated carbocycles. The van der Waals surface area contributed by atoms with E-state index in [1.165, 1.54) is 0 Å². The smallest absolute Gasteiger partial charge is 0.334 e. The quantitative estimate of drug-likeness (QED) is 0.456. The second-order valence-corrected chi connectivity index (χ2v) is 7.56. The lowest BCUT2D eigenvalue weighted by molar-refractivity contribution is -0.142. The molecule has 0 heterocycles. The zero-order chi connectivity index (χ0) is 18.0.